The largest absolute Gasteiger partial charge is 0.497 e. The summed E-state index contributed by atoms with van der Waals surface area (Å²) in [5, 5.41) is 2.95. The van der Waals surface area contributed by atoms with Crippen LogP contribution in [0, 0.1) is 0 Å². The average Bonchev–Trinajstić information content (AvgIpc) is 2.87. The van der Waals surface area contributed by atoms with E-state index in [0.29, 0.717) is 12.3 Å². The second-order valence-electron chi connectivity index (χ2n) is 7.58. The Hall–Kier alpha value is -3.80. The molecular weight excluding hydrogens is 416 g/mol. The van der Waals surface area contributed by atoms with Crippen molar-refractivity contribution in [2.24, 2.45) is 0 Å². The van der Waals surface area contributed by atoms with E-state index in [0.717, 1.165) is 23.3 Å². The fourth-order valence-corrected chi connectivity index (χ4v) is 3.45. The van der Waals surface area contributed by atoms with E-state index in [4.69, 9.17) is 9.47 Å². The molecule has 3 rings (SSSR count). The number of nitrogens with zero attached hydrogens (tertiary/aromatic N) is 1. The lowest BCUT2D eigenvalue weighted by Crippen LogP contribution is -2.45. The van der Waals surface area contributed by atoms with Crippen molar-refractivity contribution in [1.29, 1.82) is 0 Å². The van der Waals surface area contributed by atoms with Crippen LogP contribution in [0.4, 0.5) is 0 Å². The maximum atomic E-state index is 13.4. The molecule has 0 aliphatic carbocycles. The van der Waals surface area contributed by atoms with Crippen molar-refractivity contribution in [3.63, 3.8) is 0 Å². The van der Waals surface area contributed by atoms with Crippen molar-refractivity contribution < 1.29 is 19.1 Å². The number of hydrogen-bond donors (Lipinski definition) is 1. The first-order chi connectivity index (χ1) is 16.1. The van der Waals surface area contributed by atoms with Crippen LogP contribution in [0.1, 0.15) is 30.5 Å². The summed E-state index contributed by atoms with van der Waals surface area (Å²) in [7, 11) is 1.61. The quantitative estimate of drug-likeness (QED) is 0.475. The number of carbonyl (C=O) groups excluding carboxylic acids is 2. The number of carbonyl (C=O) groups is 2. The molecule has 172 valence electrons. The van der Waals surface area contributed by atoms with Gasteiger partial charge in [-0.1, -0.05) is 67.6 Å². The fraction of sp³-hybridized carbons (Fsp3) is 0.259. The summed E-state index contributed by atoms with van der Waals surface area (Å²) in [6, 6.07) is 25.2. The highest BCUT2D eigenvalue weighted by Gasteiger charge is 2.31. The van der Waals surface area contributed by atoms with E-state index in [1.54, 1.807) is 24.1 Å². The molecule has 0 bridgehead atoms. The van der Waals surface area contributed by atoms with Crippen LogP contribution >= 0.6 is 0 Å². The van der Waals surface area contributed by atoms with Crippen LogP contribution in [0.25, 0.3) is 0 Å². The molecule has 1 unspecified atom stereocenters. The van der Waals surface area contributed by atoms with Crippen LogP contribution in [0.2, 0.25) is 0 Å². The highest BCUT2D eigenvalue weighted by atomic mass is 16.5. The molecule has 0 radical (unpaired) electrons. The van der Waals surface area contributed by atoms with Crippen LogP contribution in [-0.2, 0) is 16.1 Å². The lowest BCUT2D eigenvalue weighted by atomic mass is 10.0. The van der Waals surface area contributed by atoms with E-state index < -0.39 is 6.04 Å². The molecule has 0 aliphatic heterocycles. The average molecular weight is 447 g/mol. The molecule has 0 fully saturated rings. The maximum absolute atomic E-state index is 13.4. The molecule has 3 aromatic carbocycles. The van der Waals surface area contributed by atoms with E-state index in [-0.39, 0.29) is 25.0 Å². The highest BCUT2D eigenvalue weighted by Crippen LogP contribution is 2.25. The number of amides is 2. The Morgan fingerprint density at radius 1 is 0.879 bits per heavy atom. The third kappa shape index (κ3) is 6.84. The molecular formula is C27H30N2O4. The first-order valence-corrected chi connectivity index (χ1v) is 11.0. The molecule has 0 heterocycles. The van der Waals surface area contributed by atoms with Crippen molar-refractivity contribution >= 4 is 11.8 Å². The smallest absolute Gasteiger partial charge is 0.261 e. The zero-order valence-electron chi connectivity index (χ0n) is 19.1. The van der Waals surface area contributed by atoms with Gasteiger partial charge in [0.15, 0.2) is 6.61 Å². The molecule has 0 aliphatic rings. The first kappa shape index (κ1) is 23.9. The minimum atomic E-state index is -0.785. The van der Waals surface area contributed by atoms with E-state index in [9.17, 15) is 9.59 Å². The van der Waals surface area contributed by atoms with E-state index in [1.165, 1.54) is 0 Å². The Morgan fingerprint density at radius 2 is 1.52 bits per heavy atom. The van der Waals surface area contributed by atoms with Gasteiger partial charge in [-0.15, -0.1) is 0 Å². The third-order valence-electron chi connectivity index (χ3n) is 5.16. The molecule has 6 nitrogen and oxygen atoms in total. The Kier molecular flexibility index (Phi) is 8.88. The van der Waals surface area contributed by atoms with Crippen molar-refractivity contribution in [3.8, 4) is 11.5 Å². The monoisotopic (exact) mass is 446 g/mol. The lowest BCUT2D eigenvalue weighted by molar-refractivity contribution is -0.143. The third-order valence-corrected chi connectivity index (χ3v) is 5.16. The summed E-state index contributed by atoms with van der Waals surface area (Å²) in [5.74, 6) is 0.825. The van der Waals surface area contributed by atoms with Gasteiger partial charge in [-0.3, -0.25) is 9.59 Å². The predicted molar refractivity (Wildman–Crippen MR) is 128 cm³/mol. The minimum absolute atomic E-state index is 0.176. The standard InChI is InChI=1S/C27H30N2O4/c1-3-18-28-27(31)26(22-10-6-4-7-11-22)29(19-21-14-16-23(32-2)17-15-21)25(30)20-33-24-12-8-5-9-13-24/h4-17,26H,3,18-20H2,1-2H3,(H,28,31). The molecule has 0 aromatic heterocycles. The van der Waals surface area contributed by atoms with Crippen molar-refractivity contribution in [3.05, 3.63) is 96.1 Å². The van der Waals surface area contributed by atoms with Crippen LogP contribution in [0.15, 0.2) is 84.9 Å². The van der Waals surface area contributed by atoms with Crippen molar-refractivity contribution in [2.45, 2.75) is 25.9 Å². The van der Waals surface area contributed by atoms with Gasteiger partial charge >= 0.3 is 0 Å². The van der Waals surface area contributed by atoms with Gasteiger partial charge in [-0.25, -0.2) is 0 Å². The number of ether oxygens (including phenoxy) is 2. The fourth-order valence-electron chi connectivity index (χ4n) is 3.45. The molecule has 6 heteroatoms. The van der Waals surface area contributed by atoms with Gasteiger partial charge in [0.25, 0.3) is 5.91 Å². The van der Waals surface area contributed by atoms with Crippen molar-refractivity contribution in [1.82, 2.24) is 10.2 Å². The summed E-state index contributed by atoms with van der Waals surface area (Å²) in [4.78, 5) is 28.3. The SMILES string of the molecule is CCCNC(=O)C(c1ccccc1)N(Cc1ccc(OC)cc1)C(=O)COc1ccccc1. The molecule has 2 amide bonds. The molecule has 1 atom stereocenters. The summed E-state index contributed by atoms with van der Waals surface area (Å²) in [6.45, 7) is 2.60. The summed E-state index contributed by atoms with van der Waals surface area (Å²) in [5.41, 5.74) is 1.63. The van der Waals surface area contributed by atoms with Gasteiger partial charge in [0.2, 0.25) is 5.91 Å². The number of hydrogen-bond acceptors (Lipinski definition) is 4. The number of para-hydroxylation sites is 1. The zero-order valence-corrected chi connectivity index (χ0v) is 19.1. The van der Waals surface area contributed by atoms with Crippen molar-refractivity contribution in [2.75, 3.05) is 20.3 Å². The van der Waals surface area contributed by atoms with Gasteiger partial charge in [-0.05, 0) is 41.8 Å². The van der Waals surface area contributed by atoms with Crippen LogP contribution in [0.3, 0.4) is 0 Å². The van der Waals surface area contributed by atoms with Crippen LogP contribution in [-0.4, -0.2) is 37.0 Å². The van der Waals surface area contributed by atoms with E-state index >= 15 is 0 Å². The lowest BCUT2D eigenvalue weighted by Gasteiger charge is -2.31. The van der Waals surface area contributed by atoms with Gasteiger partial charge in [-0.2, -0.15) is 0 Å². The van der Waals surface area contributed by atoms with Crippen LogP contribution < -0.4 is 14.8 Å². The van der Waals surface area contributed by atoms with Gasteiger partial charge in [0.1, 0.15) is 17.5 Å². The highest BCUT2D eigenvalue weighted by molar-refractivity contribution is 5.89. The molecule has 0 saturated heterocycles. The second kappa shape index (κ2) is 12.3. The predicted octanol–water partition coefficient (Wildman–Crippen LogP) is 4.37. The normalized spacial score (nSPS) is 11.3. The first-order valence-electron chi connectivity index (χ1n) is 11.0. The topological polar surface area (TPSA) is 67.9 Å². The molecule has 0 saturated carbocycles. The Morgan fingerprint density at radius 3 is 2.12 bits per heavy atom. The van der Waals surface area contributed by atoms with E-state index in [1.807, 2.05) is 79.7 Å². The Labute approximate surface area is 195 Å². The number of nitrogens with one attached hydrogen (secondary N) is 1. The number of benzene rings is 3. The van der Waals surface area contributed by atoms with Gasteiger partial charge < -0.3 is 19.7 Å². The summed E-state index contributed by atoms with van der Waals surface area (Å²) in [6.07, 6.45) is 0.802. The minimum Gasteiger partial charge on any atom is -0.497 e. The molecule has 0 spiro atoms. The Balaban J connectivity index is 1.91. The number of methoxy groups -OCH3 is 1. The second-order valence-corrected chi connectivity index (χ2v) is 7.58. The van der Waals surface area contributed by atoms with E-state index in [2.05, 4.69) is 5.32 Å². The number of rotatable bonds is 11. The zero-order chi connectivity index (χ0) is 23.5. The van der Waals surface area contributed by atoms with Crippen LogP contribution in [0.5, 0.6) is 11.5 Å². The van der Waals surface area contributed by atoms with Gasteiger partial charge in [0, 0.05) is 13.1 Å². The summed E-state index contributed by atoms with van der Waals surface area (Å²) < 4.78 is 11.0. The molecule has 3 aromatic rings. The van der Waals surface area contributed by atoms with Gasteiger partial charge in [0.05, 0.1) is 7.11 Å². The maximum Gasteiger partial charge on any atom is 0.261 e. The molecule has 1 N–H and O–H groups in total. The summed E-state index contributed by atoms with van der Waals surface area (Å²) >= 11 is 0. The Bertz CT molecular complexity index is 1010. The molecule has 33 heavy (non-hydrogen) atoms.